The van der Waals surface area contributed by atoms with Crippen LogP contribution in [0.4, 0.5) is 22.7 Å². The normalized spacial score (nSPS) is 16.3. The van der Waals surface area contributed by atoms with Crippen molar-refractivity contribution in [3.63, 3.8) is 0 Å². The van der Waals surface area contributed by atoms with E-state index in [0.29, 0.717) is 22.7 Å². The number of amides is 8. The molecule has 5 heterocycles. The minimum absolute atomic E-state index is 0.0905. The molecule has 1 aliphatic heterocycles. The van der Waals surface area contributed by atoms with Gasteiger partial charge in [-0.1, -0.05) is 128 Å². The zero-order chi connectivity index (χ0) is 66.2. The predicted molar refractivity (Wildman–Crippen MR) is 348 cm³/mol. The highest BCUT2D eigenvalue weighted by Crippen LogP contribution is 2.32. The summed E-state index contributed by atoms with van der Waals surface area (Å²) in [6, 6.07) is 31.4. The van der Waals surface area contributed by atoms with Gasteiger partial charge in [0.2, 0.25) is 23.6 Å². The van der Waals surface area contributed by atoms with E-state index in [1.54, 1.807) is 143 Å². The second-order valence-corrected chi connectivity index (χ2v) is 24.4. The lowest BCUT2D eigenvalue weighted by Gasteiger charge is -2.23. The molecule has 0 saturated carbocycles. The largest absolute Gasteiger partial charge is 0.340 e. The van der Waals surface area contributed by atoms with Crippen LogP contribution in [-0.4, -0.2) is 85.5 Å². The van der Waals surface area contributed by atoms with Crippen molar-refractivity contribution >= 4 is 70.0 Å². The van der Waals surface area contributed by atoms with Crippen LogP contribution >= 0.6 is 0 Å². The third-order valence-corrected chi connectivity index (χ3v) is 16.2. The summed E-state index contributed by atoms with van der Waals surface area (Å²) >= 11 is 0. The van der Waals surface area contributed by atoms with Crippen LogP contribution in [-0.2, 0) is 45.4 Å². The Morgan fingerprint density at radius 3 is 0.674 bits per heavy atom. The summed E-state index contributed by atoms with van der Waals surface area (Å²) in [5, 5.41) is 24.2. The van der Waals surface area contributed by atoms with Gasteiger partial charge < -0.3 is 60.8 Å². The molecule has 4 aromatic carbocycles. The third-order valence-electron chi connectivity index (χ3n) is 16.2. The van der Waals surface area contributed by atoms with Gasteiger partial charge in [-0.3, -0.25) is 38.4 Å². The topological polar surface area (TPSA) is 304 Å². The molecule has 0 unspecified atom stereocenters. The SMILES string of the molecule is Cc1c2nc(n1CC(=O)Nc1ccccc1)[C@H](C(C)C)NC(=O)c1nc(n(CC(=O)Nc3ccccc3)c1C)[C@H](C(C)C)NC(=O)c1nc(n(CC(=O)Nc3ccccc3)c1C)[C@H](C(C)C)NC(=O)c1nc(n(CC(=O)Nc3ccccc3)c1C)[C@H](C(C)C)NC2=O. The van der Waals surface area contributed by atoms with E-state index in [4.69, 9.17) is 19.9 Å². The molecule has 0 fully saturated rings. The summed E-state index contributed by atoms with van der Waals surface area (Å²) in [6.07, 6.45) is 0. The number of imidazole rings is 4. The molecule has 24 nitrogen and oxygen atoms in total. The van der Waals surface area contributed by atoms with E-state index < -0.39 is 95.1 Å². The van der Waals surface area contributed by atoms with Crippen LogP contribution < -0.4 is 42.5 Å². The zero-order valence-corrected chi connectivity index (χ0v) is 53.8. The Balaban J connectivity index is 1.23. The van der Waals surface area contributed by atoms with Crippen molar-refractivity contribution < 1.29 is 38.4 Å². The maximum Gasteiger partial charge on any atom is 0.272 e. The minimum Gasteiger partial charge on any atom is -0.340 e. The molecule has 0 aliphatic carbocycles. The number of hydrogen-bond donors (Lipinski definition) is 8. The van der Waals surface area contributed by atoms with Crippen molar-refractivity contribution in [3.8, 4) is 0 Å². The third kappa shape index (κ3) is 14.9. The van der Waals surface area contributed by atoms with Gasteiger partial charge in [-0.25, -0.2) is 19.9 Å². The highest BCUT2D eigenvalue weighted by molar-refractivity contribution is 5.98. The highest BCUT2D eigenvalue weighted by Gasteiger charge is 2.38. The molecule has 1 aliphatic rings. The van der Waals surface area contributed by atoms with E-state index in [2.05, 4.69) is 42.5 Å². The number of nitrogens with one attached hydrogen (secondary N) is 8. The van der Waals surface area contributed by atoms with Gasteiger partial charge in [-0.2, -0.15) is 0 Å². The number of aromatic nitrogens is 8. The van der Waals surface area contributed by atoms with Crippen LogP contribution in [0.1, 0.15) is 168 Å². The van der Waals surface area contributed by atoms with Crippen LogP contribution in [0.3, 0.4) is 0 Å². The van der Waals surface area contributed by atoms with E-state index in [9.17, 15) is 19.2 Å². The average molecular weight is 1250 g/mol. The molecule has 480 valence electrons. The Bertz CT molecular complexity index is 3520. The fourth-order valence-corrected chi connectivity index (χ4v) is 11.2. The molecule has 92 heavy (non-hydrogen) atoms. The van der Waals surface area contributed by atoms with E-state index in [0.717, 1.165) is 0 Å². The number of para-hydroxylation sites is 4. The van der Waals surface area contributed by atoms with Gasteiger partial charge in [0, 0.05) is 45.5 Å². The molecule has 4 aromatic heterocycles. The maximum atomic E-state index is 15.3. The van der Waals surface area contributed by atoms with E-state index in [1.165, 1.54) is 0 Å². The summed E-state index contributed by atoms with van der Waals surface area (Å²) in [7, 11) is 0. The summed E-state index contributed by atoms with van der Waals surface area (Å²) < 4.78 is 6.32. The number of carbonyl (C=O) groups is 8. The number of anilines is 4. The standard InChI is InChI=1S/C68H80N16O8/c1-37(2)53-61-73-58(41(9)81(61)33-49(85)69-45-25-17-13-18-26-45)66(90)78-55(39(5)6)63-75-60(43(11)83(63)35-51(87)71-47-29-21-15-22-30-47)68(92)80-56(40(7)8)64-76-59(44(12)84(64)36-52(88)72-48-31-23-16-24-32-48)67(91)79-54(38(3)4)62-74-57(65(89)77-53)42(10)82(62)34-50(86)70-46-27-19-14-20-28-46/h13-32,37-40,53-56H,33-36H2,1-12H3,(H,69,85)(H,70,86)(H,71,87)(H,72,88)(H,77,89)(H,78,90)(H,79,91)(H,80,92)/t53-,54-,55-,56-/m0/s1. The molecule has 4 atom stereocenters. The number of hydrogen-bond acceptors (Lipinski definition) is 12. The van der Waals surface area contributed by atoms with Crippen molar-refractivity contribution in [1.29, 1.82) is 0 Å². The van der Waals surface area contributed by atoms with E-state index in [1.807, 2.05) is 79.7 Å². The molecule has 8 amide bonds. The molecular formula is C68H80N16O8. The van der Waals surface area contributed by atoms with Crippen molar-refractivity contribution in [3.05, 3.63) is 190 Å². The first-order valence-electron chi connectivity index (χ1n) is 30.8. The average Bonchev–Trinajstić information content (AvgIpc) is 1.64. The van der Waals surface area contributed by atoms with Crippen molar-refractivity contribution in [2.24, 2.45) is 23.7 Å². The molecule has 8 aromatic rings. The predicted octanol–water partition coefficient (Wildman–Crippen LogP) is 9.08. The molecule has 24 heteroatoms. The number of nitrogens with zero attached hydrogens (tertiary/aromatic N) is 8. The van der Waals surface area contributed by atoms with Gasteiger partial charge >= 0.3 is 0 Å². The summed E-state index contributed by atoms with van der Waals surface area (Å²) in [4.78, 5) is 138. The monoisotopic (exact) mass is 1250 g/mol. The van der Waals surface area contributed by atoms with Crippen LogP contribution in [0, 0.1) is 51.4 Å². The lowest BCUT2D eigenvalue weighted by Crippen LogP contribution is -2.36. The molecule has 8 bridgehead atoms. The summed E-state index contributed by atoms with van der Waals surface area (Å²) in [5.41, 5.74) is 2.81. The van der Waals surface area contributed by atoms with Gasteiger partial charge in [-0.05, 0) is 99.9 Å². The van der Waals surface area contributed by atoms with Crippen LogP contribution in [0.5, 0.6) is 0 Å². The molecule has 8 N–H and O–H groups in total. The summed E-state index contributed by atoms with van der Waals surface area (Å²) in [5.74, 6) is -5.79. The van der Waals surface area contributed by atoms with E-state index in [-0.39, 0.29) is 95.0 Å². The first-order valence-corrected chi connectivity index (χ1v) is 30.8. The first-order chi connectivity index (χ1) is 43.9. The van der Waals surface area contributed by atoms with Gasteiger partial charge in [0.25, 0.3) is 23.6 Å². The molecule has 0 radical (unpaired) electrons. The molecule has 0 saturated heterocycles. The molecular weight excluding hydrogens is 1170 g/mol. The van der Waals surface area contributed by atoms with Gasteiger partial charge in [0.15, 0.2) is 0 Å². The lowest BCUT2D eigenvalue weighted by atomic mass is 10.0. The second-order valence-electron chi connectivity index (χ2n) is 24.4. The van der Waals surface area contributed by atoms with Crippen LogP contribution in [0.25, 0.3) is 0 Å². The number of rotatable bonds is 16. The number of benzene rings is 4. The Morgan fingerprint density at radius 2 is 0.511 bits per heavy atom. The Labute approximate surface area is 534 Å². The van der Waals surface area contributed by atoms with Gasteiger partial charge in [0.1, 0.15) is 72.3 Å². The molecule has 9 rings (SSSR count). The van der Waals surface area contributed by atoms with Crippen molar-refractivity contribution in [1.82, 2.24) is 59.5 Å². The second kappa shape index (κ2) is 28.5. The zero-order valence-electron chi connectivity index (χ0n) is 53.8. The Hall–Kier alpha value is -10.5. The van der Waals surface area contributed by atoms with Gasteiger partial charge in [0.05, 0.1) is 24.2 Å². The number of carbonyl (C=O) groups excluding carboxylic acids is 8. The van der Waals surface area contributed by atoms with E-state index >= 15 is 19.2 Å². The molecule has 0 spiro atoms. The van der Waals surface area contributed by atoms with Crippen molar-refractivity contribution in [2.45, 2.75) is 133 Å². The lowest BCUT2D eigenvalue weighted by molar-refractivity contribution is -0.117. The quantitative estimate of drug-likeness (QED) is 0.0449. The maximum absolute atomic E-state index is 15.3. The summed E-state index contributed by atoms with van der Waals surface area (Å²) in [6.45, 7) is 20.0. The van der Waals surface area contributed by atoms with Crippen molar-refractivity contribution in [2.75, 3.05) is 21.3 Å². The van der Waals surface area contributed by atoms with Crippen LogP contribution in [0.2, 0.25) is 0 Å². The highest BCUT2D eigenvalue weighted by atomic mass is 16.2. The number of fused-ring (bicyclic) bond motifs is 8. The van der Waals surface area contributed by atoms with Crippen LogP contribution in [0.15, 0.2) is 121 Å². The fraction of sp³-hybridized carbons (Fsp3) is 0.353. The van der Waals surface area contributed by atoms with Gasteiger partial charge in [-0.15, -0.1) is 0 Å². The first kappa shape index (κ1) is 65.9. The Kier molecular flexibility index (Phi) is 20.4. The minimum atomic E-state index is -1.00. The Morgan fingerprint density at radius 1 is 0.337 bits per heavy atom. The fourth-order valence-electron chi connectivity index (χ4n) is 11.2. The smallest absolute Gasteiger partial charge is 0.272 e.